The van der Waals surface area contributed by atoms with Crippen LogP contribution in [0.2, 0.25) is 0 Å². The number of H-pyrrole nitrogens is 1. The summed E-state index contributed by atoms with van der Waals surface area (Å²) in [4.78, 5) is 25.4. The predicted molar refractivity (Wildman–Crippen MR) is 133 cm³/mol. The summed E-state index contributed by atoms with van der Waals surface area (Å²) in [5, 5.41) is 17.1. The van der Waals surface area contributed by atoms with E-state index in [1.54, 1.807) is 12.1 Å². The van der Waals surface area contributed by atoms with Gasteiger partial charge in [-0.2, -0.15) is 9.78 Å². The Labute approximate surface area is 203 Å². The smallest absolute Gasteiger partial charge is 0.435 e. The number of aromatic hydroxyl groups is 1. The molecule has 0 atom stereocenters. The number of fused-ring (bicyclic) bond motifs is 2. The monoisotopic (exact) mass is 535 g/mol. The molecule has 10 heteroatoms. The molecule has 2 N–H and O–H groups in total. The predicted octanol–water partition coefficient (Wildman–Crippen LogP) is 6.46. The molecule has 0 amide bonds. The SMILES string of the molecule is CC(C)(C)OC(=O)n1nc(-c2[nH]c3cc(O)ccc3c2Br)c2sccc21.CC(C)(C)OC=O. The van der Waals surface area contributed by atoms with Crippen molar-refractivity contribution in [1.29, 1.82) is 0 Å². The van der Waals surface area contributed by atoms with Crippen LogP contribution in [0.4, 0.5) is 4.79 Å². The molecular weight excluding hydrogens is 510 g/mol. The number of benzene rings is 1. The van der Waals surface area contributed by atoms with Crippen molar-refractivity contribution in [3.05, 3.63) is 34.1 Å². The van der Waals surface area contributed by atoms with Crippen LogP contribution in [0.3, 0.4) is 0 Å². The van der Waals surface area contributed by atoms with Gasteiger partial charge in [-0.1, -0.05) is 0 Å². The second-order valence-electron chi connectivity index (χ2n) is 9.25. The van der Waals surface area contributed by atoms with E-state index in [2.05, 4.69) is 30.7 Å². The number of hydrogen-bond acceptors (Lipinski definition) is 7. The average molecular weight is 536 g/mol. The van der Waals surface area contributed by atoms with Crippen LogP contribution in [0.25, 0.3) is 32.5 Å². The Kier molecular flexibility index (Phi) is 6.90. The van der Waals surface area contributed by atoms with Crippen molar-refractivity contribution in [1.82, 2.24) is 14.8 Å². The van der Waals surface area contributed by atoms with E-state index in [4.69, 9.17) is 4.74 Å². The standard InChI is InChI=1S/C18H16BrN3O3S.C5H10O2/c1-18(2,3)25-17(24)22-12-6-7-26-16(12)15(21-22)14-13(19)10-5-4-9(23)8-11(10)20-14;1-5(2,3)7-4-6/h4-8,20,23H,1-3H3;4H,1-3H3. The second kappa shape index (κ2) is 9.18. The molecule has 4 rings (SSSR count). The molecule has 0 aliphatic rings. The third kappa shape index (κ3) is 5.75. The van der Waals surface area contributed by atoms with E-state index >= 15 is 0 Å². The number of phenolic OH excluding ortho intramolecular Hbond substituents is 1. The first-order valence-corrected chi connectivity index (χ1v) is 11.8. The normalized spacial score (nSPS) is 11.8. The number of nitrogens with one attached hydrogen (secondary N) is 1. The quantitative estimate of drug-likeness (QED) is 0.285. The van der Waals surface area contributed by atoms with Gasteiger partial charge in [-0.05, 0) is 81.1 Å². The molecule has 0 bridgehead atoms. The lowest BCUT2D eigenvalue weighted by Gasteiger charge is -2.18. The van der Waals surface area contributed by atoms with Crippen molar-refractivity contribution in [3.63, 3.8) is 0 Å². The molecule has 0 aliphatic carbocycles. The highest BCUT2D eigenvalue weighted by molar-refractivity contribution is 9.10. The molecule has 3 aromatic heterocycles. The molecule has 0 aliphatic heterocycles. The highest BCUT2D eigenvalue weighted by Crippen LogP contribution is 2.40. The zero-order valence-corrected chi connectivity index (χ0v) is 21.6. The maximum absolute atomic E-state index is 12.5. The number of rotatable bonds is 2. The maximum atomic E-state index is 12.5. The molecule has 4 aromatic rings. The molecule has 0 unspecified atom stereocenters. The zero-order valence-electron chi connectivity index (χ0n) is 19.2. The van der Waals surface area contributed by atoms with Crippen molar-refractivity contribution >= 4 is 61.0 Å². The largest absolute Gasteiger partial charge is 0.508 e. The van der Waals surface area contributed by atoms with Gasteiger partial charge >= 0.3 is 6.09 Å². The van der Waals surface area contributed by atoms with Crippen LogP contribution in [0.15, 0.2) is 34.1 Å². The molecule has 1 aromatic carbocycles. The topological polar surface area (TPSA) is 106 Å². The lowest BCUT2D eigenvalue weighted by Crippen LogP contribution is -2.27. The summed E-state index contributed by atoms with van der Waals surface area (Å²) >= 11 is 5.11. The average Bonchev–Trinajstić information content (AvgIpc) is 3.34. The van der Waals surface area contributed by atoms with Crippen molar-refractivity contribution in [3.8, 4) is 17.1 Å². The van der Waals surface area contributed by atoms with E-state index in [9.17, 15) is 14.7 Å². The molecule has 33 heavy (non-hydrogen) atoms. The van der Waals surface area contributed by atoms with Gasteiger partial charge in [0.15, 0.2) is 0 Å². The lowest BCUT2D eigenvalue weighted by atomic mass is 10.2. The van der Waals surface area contributed by atoms with Crippen LogP contribution in [-0.2, 0) is 14.3 Å². The number of carbonyl (C=O) groups excluding carboxylic acids is 2. The van der Waals surface area contributed by atoms with E-state index < -0.39 is 11.7 Å². The van der Waals surface area contributed by atoms with E-state index in [1.165, 1.54) is 16.0 Å². The number of hydrogen-bond donors (Lipinski definition) is 2. The van der Waals surface area contributed by atoms with E-state index in [1.807, 2.05) is 59.1 Å². The van der Waals surface area contributed by atoms with Crippen molar-refractivity contribution in [2.75, 3.05) is 0 Å². The van der Waals surface area contributed by atoms with E-state index in [0.717, 1.165) is 25.8 Å². The molecule has 0 spiro atoms. The van der Waals surface area contributed by atoms with Crippen LogP contribution >= 0.6 is 27.3 Å². The molecule has 0 radical (unpaired) electrons. The molecule has 3 heterocycles. The Hall–Kier alpha value is -2.85. The summed E-state index contributed by atoms with van der Waals surface area (Å²) in [5.41, 5.74) is 1.96. The fourth-order valence-electron chi connectivity index (χ4n) is 2.91. The molecule has 0 saturated heterocycles. The van der Waals surface area contributed by atoms with Gasteiger partial charge in [0.25, 0.3) is 6.47 Å². The van der Waals surface area contributed by atoms with Gasteiger partial charge in [0, 0.05) is 11.5 Å². The molecule has 0 saturated carbocycles. The fraction of sp³-hybridized carbons (Fsp3) is 0.348. The Morgan fingerprint density at radius 2 is 1.88 bits per heavy atom. The first-order chi connectivity index (χ1) is 15.3. The Morgan fingerprint density at radius 3 is 2.45 bits per heavy atom. The van der Waals surface area contributed by atoms with E-state index in [0.29, 0.717) is 17.7 Å². The minimum absolute atomic E-state index is 0.179. The minimum atomic E-state index is -0.606. The second-order valence-corrected chi connectivity index (χ2v) is 11.0. The lowest BCUT2D eigenvalue weighted by molar-refractivity contribution is -0.138. The number of thiophene rings is 1. The number of aromatic amines is 1. The first kappa shape index (κ1) is 24.8. The van der Waals surface area contributed by atoms with Gasteiger partial charge in [-0.15, -0.1) is 11.3 Å². The summed E-state index contributed by atoms with van der Waals surface area (Å²) in [7, 11) is 0. The molecule has 176 valence electrons. The Balaban J connectivity index is 0.000000383. The first-order valence-electron chi connectivity index (χ1n) is 10.1. The van der Waals surface area contributed by atoms with E-state index in [-0.39, 0.29) is 11.4 Å². The Morgan fingerprint density at radius 1 is 1.18 bits per heavy atom. The van der Waals surface area contributed by atoms with Crippen LogP contribution in [0.5, 0.6) is 5.75 Å². The molecule has 8 nitrogen and oxygen atoms in total. The van der Waals surface area contributed by atoms with Gasteiger partial charge < -0.3 is 19.6 Å². The summed E-state index contributed by atoms with van der Waals surface area (Å²) < 4.78 is 13.0. The van der Waals surface area contributed by atoms with Gasteiger partial charge in [-0.25, -0.2) is 4.79 Å². The number of nitrogens with zero attached hydrogens (tertiary/aromatic N) is 2. The minimum Gasteiger partial charge on any atom is -0.508 e. The van der Waals surface area contributed by atoms with Gasteiger partial charge in [-0.3, -0.25) is 4.79 Å². The van der Waals surface area contributed by atoms with Crippen LogP contribution < -0.4 is 0 Å². The number of phenols is 1. The van der Waals surface area contributed by atoms with Gasteiger partial charge in [0.05, 0.1) is 25.9 Å². The van der Waals surface area contributed by atoms with Gasteiger partial charge in [0.1, 0.15) is 22.6 Å². The van der Waals surface area contributed by atoms with Crippen LogP contribution in [0, 0.1) is 0 Å². The van der Waals surface area contributed by atoms with Crippen LogP contribution in [-0.4, -0.2) is 43.6 Å². The molecule has 0 fully saturated rings. The summed E-state index contributed by atoms with van der Waals surface area (Å²) in [5.74, 6) is 0.179. The Bertz CT molecular complexity index is 1310. The summed E-state index contributed by atoms with van der Waals surface area (Å²) in [6, 6.07) is 6.96. The number of ether oxygens (including phenoxy) is 2. The fourth-order valence-corrected chi connectivity index (χ4v) is 4.41. The van der Waals surface area contributed by atoms with Crippen molar-refractivity contribution in [2.45, 2.75) is 52.7 Å². The maximum Gasteiger partial charge on any atom is 0.435 e. The van der Waals surface area contributed by atoms with Crippen molar-refractivity contribution in [2.24, 2.45) is 0 Å². The summed E-state index contributed by atoms with van der Waals surface area (Å²) in [6.07, 6.45) is -0.517. The van der Waals surface area contributed by atoms with Crippen molar-refractivity contribution < 1.29 is 24.2 Å². The highest BCUT2D eigenvalue weighted by Gasteiger charge is 2.25. The summed E-state index contributed by atoms with van der Waals surface area (Å²) in [6.45, 7) is 11.4. The number of carbonyl (C=O) groups is 2. The number of halogens is 1. The van der Waals surface area contributed by atoms with Gasteiger partial charge in [0.2, 0.25) is 0 Å². The third-order valence-electron chi connectivity index (χ3n) is 4.21. The zero-order chi connectivity index (χ0) is 24.6. The third-order valence-corrected chi connectivity index (χ3v) is 5.95. The molecular formula is C23H26BrN3O5S. The van der Waals surface area contributed by atoms with Crippen LogP contribution in [0.1, 0.15) is 41.5 Å². The number of aromatic nitrogens is 3. The highest BCUT2D eigenvalue weighted by atomic mass is 79.9.